The number of ether oxygens (including phenoxy) is 2. The van der Waals surface area contributed by atoms with E-state index in [0.717, 1.165) is 21.8 Å². The van der Waals surface area contributed by atoms with E-state index >= 15 is 0 Å². The van der Waals surface area contributed by atoms with Gasteiger partial charge in [-0.15, -0.1) is 11.3 Å². The molecular weight excluding hydrogens is 380 g/mol. The Labute approximate surface area is 167 Å². The highest BCUT2D eigenvalue weighted by Gasteiger charge is 2.26. The number of carbonyl (C=O) groups is 3. The molecule has 0 bridgehead atoms. The van der Waals surface area contributed by atoms with E-state index < -0.39 is 29.6 Å². The summed E-state index contributed by atoms with van der Waals surface area (Å²) in [6, 6.07) is 8.69. The van der Waals surface area contributed by atoms with Gasteiger partial charge in [-0.1, -0.05) is 12.1 Å². The van der Waals surface area contributed by atoms with E-state index in [-0.39, 0.29) is 0 Å². The lowest BCUT2D eigenvalue weighted by atomic mass is 10.1. The van der Waals surface area contributed by atoms with Crippen LogP contribution in [0.1, 0.15) is 42.9 Å². The van der Waals surface area contributed by atoms with E-state index in [4.69, 9.17) is 9.47 Å². The summed E-state index contributed by atoms with van der Waals surface area (Å²) in [6.07, 6.45) is -1.11. The first-order valence-electron chi connectivity index (χ1n) is 8.83. The standard InChI is InChI=1S/C20H22N2O5S/c1-11(17(23)21-19(25)22-20(2,3)4)27-18(24)15-9-12-10-26-14-8-6-5-7-13(14)16(12)28-15/h5-9,11H,10H2,1-4H3,(H2,21,22,23,25)/t11-/m1/s1. The van der Waals surface area contributed by atoms with Gasteiger partial charge in [0.05, 0.1) is 0 Å². The van der Waals surface area contributed by atoms with Gasteiger partial charge in [0.1, 0.15) is 17.2 Å². The molecule has 3 rings (SSSR count). The van der Waals surface area contributed by atoms with E-state index in [0.29, 0.717) is 11.5 Å². The van der Waals surface area contributed by atoms with Crippen molar-refractivity contribution in [3.05, 3.63) is 40.8 Å². The number of esters is 1. The summed E-state index contributed by atoms with van der Waals surface area (Å²) >= 11 is 1.30. The molecule has 0 spiro atoms. The Morgan fingerprint density at radius 3 is 2.64 bits per heavy atom. The maximum absolute atomic E-state index is 12.5. The second-order valence-electron chi connectivity index (χ2n) is 7.49. The zero-order chi connectivity index (χ0) is 20.5. The summed E-state index contributed by atoms with van der Waals surface area (Å²) in [5.41, 5.74) is 1.34. The second kappa shape index (κ2) is 7.63. The van der Waals surface area contributed by atoms with Crippen LogP contribution in [-0.2, 0) is 16.1 Å². The number of carbonyl (C=O) groups excluding carboxylic acids is 3. The van der Waals surface area contributed by atoms with Gasteiger partial charge in [0.25, 0.3) is 5.91 Å². The Kier molecular flexibility index (Phi) is 5.42. The fourth-order valence-corrected chi connectivity index (χ4v) is 3.74. The molecular formula is C20H22N2O5S. The summed E-state index contributed by atoms with van der Waals surface area (Å²) in [6.45, 7) is 7.17. The topological polar surface area (TPSA) is 93.7 Å². The Balaban J connectivity index is 1.65. The molecule has 28 heavy (non-hydrogen) atoms. The number of imide groups is 1. The maximum atomic E-state index is 12.5. The predicted octanol–water partition coefficient (Wildman–Crippen LogP) is 3.48. The fraction of sp³-hybridized carbons (Fsp3) is 0.350. The maximum Gasteiger partial charge on any atom is 0.349 e. The second-order valence-corrected chi connectivity index (χ2v) is 8.54. The lowest BCUT2D eigenvalue weighted by molar-refractivity contribution is -0.127. The van der Waals surface area contributed by atoms with Crippen LogP contribution in [0.4, 0.5) is 4.79 Å². The summed E-state index contributed by atoms with van der Waals surface area (Å²) in [7, 11) is 0. The third kappa shape index (κ3) is 4.51. The number of hydrogen-bond donors (Lipinski definition) is 2. The fourth-order valence-electron chi connectivity index (χ4n) is 2.66. The van der Waals surface area contributed by atoms with Crippen LogP contribution in [-0.4, -0.2) is 29.6 Å². The van der Waals surface area contributed by atoms with Crippen LogP contribution >= 0.6 is 11.3 Å². The van der Waals surface area contributed by atoms with E-state index in [1.54, 1.807) is 26.8 Å². The van der Waals surface area contributed by atoms with Crippen molar-refractivity contribution < 1.29 is 23.9 Å². The van der Waals surface area contributed by atoms with Gasteiger partial charge in [0, 0.05) is 21.5 Å². The molecule has 2 aromatic rings. The number of para-hydroxylation sites is 1. The summed E-state index contributed by atoms with van der Waals surface area (Å²) < 4.78 is 10.9. The highest BCUT2D eigenvalue weighted by molar-refractivity contribution is 7.17. The van der Waals surface area contributed by atoms with Crippen molar-refractivity contribution >= 4 is 29.2 Å². The average molecular weight is 402 g/mol. The molecule has 2 N–H and O–H groups in total. The van der Waals surface area contributed by atoms with Crippen LogP contribution in [0.25, 0.3) is 10.4 Å². The molecule has 0 aliphatic carbocycles. The monoisotopic (exact) mass is 402 g/mol. The van der Waals surface area contributed by atoms with Gasteiger partial charge < -0.3 is 14.8 Å². The number of rotatable bonds is 3. The quantitative estimate of drug-likeness (QED) is 0.767. The van der Waals surface area contributed by atoms with Crippen LogP contribution in [0.5, 0.6) is 5.75 Å². The molecule has 3 amide bonds. The van der Waals surface area contributed by atoms with Gasteiger partial charge in [-0.2, -0.15) is 0 Å². The zero-order valence-corrected chi connectivity index (χ0v) is 16.9. The summed E-state index contributed by atoms with van der Waals surface area (Å²) in [5, 5.41) is 4.78. The predicted molar refractivity (Wildman–Crippen MR) is 105 cm³/mol. The molecule has 0 saturated carbocycles. The SMILES string of the molecule is C[C@@H](OC(=O)c1cc2c(s1)-c1ccccc1OC2)C(=O)NC(=O)NC(C)(C)C. The molecule has 7 nitrogen and oxygen atoms in total. The van der Waals surface area contributed by atoms with Crippen molar-refractivity contribution in [1.29, 1.82) is 0 Å². The Hall–Kier alpha value is -2.87. The van der Waals surface area contributed by atoms with Crippen LogP contribution in [0.15, 0.2) is 30.3 Å². The van der Waals surface area contributed by atoms with Gasteiger partial charge in [-0.3, -0.25) is 10.1 Å². The molecule has 8 heteroatoms. The molecule has 1 aromatic heterocycles. The third-order valence-electron chi connectivity index (χ3n) is 3.90. The van der Waals surface area contributed by atoms with Gasteiger partial charge in [-0.25, -0.2) is 9.59 Å². The molecule has 1 aliphatic rings. The zero-order valence-electron chi connectivity index (χ0n) is 16.1. The van der Waals surface area contributed by atoms with Gasteiger partial charge in [0.15, 0.2) is 6.10 Å². The molecule has 1 atom stereocenters. The first kappa shape index (κ1) is 19.9. The number of benzene rings is 1. The highest BCUT2D eigenvalue weighted by atomic mass is 32.1. The van der Waals surface area contributed by atoms with Crippen LogP contribution in [0, 0.1) is 0 Å². The number of amides is 3. The normalized spacial score (nSPS) is 13.4. The minimum atomic E-state index is -1.11. The Bertz CT molecular complexity index is 929. The van der Waals surface area contributed by atoms with Crippen molar-refractivity contribution in [2.24, 2.45) is 0 Å². The molecule has 0 saturated heterocycles. The number of thiophene rings is 1. The Morgan fingerprint density at radius 2 is 1.93 bits per heavy atom. The third-order valence-corrected chi connectivity index (χ3v) is 5.09. The first-order valence-corrected chi connectivity index (χ1v) is 9.64. The summed E-state index contributed by atoms with van der Waals surface area (Å²) in [4.78, 5) is 37.7. The Morgan fingerprint density at radius 1 is 1.21 bits per heavy atom. The van der Waals surface area contributed by atoms with E-state index in [2.05, 4.69) is 10.6 Å². The number of fused-ring (bicyclic) bond motifs is 3. The highest BCUT2D eigenvalue weighted by Crippen LogP contribution is 2.42. The van der Waals surface area contributed by atoms with Crippen molar-refractivity contribution in [3.63, 3.8) is 0 Å². The minimum Gasteiger partial charge on any atom is -0.488 e. The van der Waals surface area contributed by atoms with Gasteiger partial charge in [-0.05, 0) is 45.9 Å². The molecule has 2 heterocycles. The number of urea groups is 1. The summed E-state index contributed by atoms with van der Waals surface area (Å²) in [5.74, 6) is -0.532. The lowest BCUT2D eigenvalue weighted by Crippen LogP contribution is -2.50. The van der Waals surface area contributed by atoms with Gasteiger partial charge in [0.2, 0.25) is 0 Å². The van der Waals surface area contributed by atoms with Crippen molar-refractivity contribution in [2.45, 2.75) is 45.9 Å². The van der Waals surface area contributed by atoms with Crippen LogP contribution in [0.3, 0.4) is 0 Å². The largest absolute Gasteiger partial charge is 0.488 e. The average Bonchev–Trinajstić information content (AvgIpc) is 3.04. The molecule has 0 unspecified atom stereocenters. The van der Waals surface area contributed by atoms with E-state index in [1.165, 1.54) is 18.3 Å². The first-order chi connectivity index (χ1) is 13.1. The smallest absolute Gasteiger partial charge is 0.349 e. The molecule has 1 aliphatic heterocycles. The van der Waals surface area contributed by atoms with E-state index in [1.807, 2.05) is 24.3 Å². The molecule has 148 valence electrons. The lowest BCUT2D eigenvalue weighted by Gasteiger charge is -2.21. The van der Waals surface area contributed by atoms with Crippen molar-refractivity contribution in [1.82, 2.24) is 10.6 Å². The van der Waals surface area contributed by atoms with E-state index in [9.17, 15) is 14.4 Å². The van der Waals surface area contributed by atoms with Crippen LogP contribution < -0.4 is 15.4 Å². The molecule has 1 aromatic carbocycles. The van der Waals surface area contributed by atoms with Crippen molar-refractivity contribution in [3.8, 4) is 16.2 Å². The van der Waals surface area contributed by atoms with Gasteiger partial charge >= 0.3 is 12.0 Å². The number of hydrogen-bond acceptors (Lipinski definition) is 6. The van der Waals surface area contributed by atoms with Crippen molar-refractivity contribution in [2.75, 3.05) is 0 Å². The minimum absolute atomic E-state index is 0.374. The number of nitrogens with one attached hydrogen (secondary N) is 2. The molecule has 0 fully saturated rings. The molecule has 0 radical (unpaired) electrons. The van der Waals surface area contributed by atoms with Crippen LogP contribution in [0.2, 0.25) is 0 Å².